The van der Waals surface area contributed by atoms with Crippen molar-refractivity contribution in [1.82, 2.24) is 5.32 Å². The van der Waals surface area contributed by atoms with E-state index in [0.29, 0.717) is 22.4 Å². The summed E-state index contributed by atoms with van der Waals surface area (Å²) in [6.45, 7) is 4.96. The molecule has 1 aromatic rings. The lowest BCUT2D eigenvalue weighted by Crippen LogP contribution is -2.13. The molecule has 0 bridgehead atoms. The van der Waals surface area contributed by atoms with E-state index in [1.54, 1.807) is 12.1 Å². The Hall–Kier alpha value is 0.0400. The summed E-state index contributed by atoms with van der Waals surface area (Å²) in [6.07, 6.45) is 4.66. The molecular formula is C14H20BrCl2NO. The van der Waals surface area contributed by atoms with Gasteiger partial charge in [0.1, 0.15) is 5.75 Å². The molecule has 0 atom stereocenters. The molecule has 1 aromatic carbocycles. The van der Waals surface area contributed by atoms with Gasteiger partial charge in [-0.25, -0.2) is 0 Å². The van der Waals surface area contributed by atoms with Crippen LogP contribution >= 0.6 is 39.1 Å². The van der Waals surface area contributed by atoms with Gasteiger partial charge in [0.2, 0.25) is 0 Å². The van der Waals surface area contributed by atoms with Gasteiger partial charge < -0.3 is 10.1 Å². The van der Waals surface area contributed by atoms with Crippen molar-refractivity contribution in [2.75, 3.05) is 19.7 Å². The van der Waals surface area contributed by atoms with Crippen LogP contribution in [0.3, 0.4) is 0 Å². The fraction of sp³-hybridized carbons (Fsp3) is 0.571. The van der Waals surface area contributed by atoms with Crippen molar-refractivity contribution >= 4 is 39.1 Å². The van der Waals surface area contributed by atoms with E-state index in [1.165, 1.54) is 19.3 Å². The fourth-order valence-corrected chi connectivity index (χ4v) is 2.53. The van der Waals surface area contributed by atoms with Gasteiger partial charge in [-0.15, -0.1) is 0 Å². The first-order valence-electron chi connectivity index (χ1n) is 6.63. The van der Waals surface area contributed by atoms with Crippen LogP contribution in [0.4, 0.5) is 0 Å². The van der Waals surface area contributed by atoms with Gasteiger partial charge >= 0.3 is 0 Å². The lowest BCUT2D eigenvalue weighted by Gasteiger charge is -2.09. The molecule has 0 saturated heterocycles. The molecule has 0 saturated carbocycles. The highest BCUT2D eigenvalue weighted by Crippen LogP contribution is 2.34. The SMILES string of the molecule is CCNCCCCCCOc1cc(Cl)c(Br)cc1Cl. The number of unbranched alkanes of at least 4 members (excludes halogenated alkanes) is 3. The quantitative estimate of drug-likeness (QED) is 0.471. The van der Waals surface area contributed by atoms with Crippen molar-refractivity contribution < 1.29 is 4.74 Å². The van der Waals surface area contributed by atoms with Crippen molar-refractivity contribution in [3.8, 4) is 5.75 Å². The minimum absolute atomic E-state index is 0.587. The summed E-state index contributed by atoms with van der Waals surface area (Å²) in [6, 6.07) is 3.51. The zero-order valence-electron chi connectivity index (χ0n) is 11.1. The summed E-state index contributed by atoms with van der Waals surface area (Å²) in [5, 5.41) is 4.52. The molecule has 0 fully saturated rings. The Labute approximate surface area is 133 Å². The van der Waals surface area contributed by atoms with E-state index in [4.69, 9.17) is 27.9 Å². The Balaban J connectivity index is 2.17. The average molecular weight is 369 g/mol. The Morgan fingerprint density at radius 3 is 2.58 bits per heavy atom. The van der Waals surface area contributed by atoms with Gasteiger partial charge in [-0.2, -0.15) is 0 Å². The van der Waals surface area contributed by atoms with Gasteiger partial charge in [0, 0.05) is 10.5 Å². The summed E-state index contributed by atoms with van der Waals surface area (Å²) in [5.74, 6) is 0.655. The summed E-state index contributed by atoms with van der Waals surface area (Å²) in [7, 11) is 0. The molecule has 0 heterocycles. The Morgan fingerprint density at radius 2 is 1.84 bits per heavy atom. The summed E-state index contributed by atoms with van der Waals surface area (Å²) in [4.78, 5) is 0. The molecule has 5 heteroatoms. The van der Waals surface area contributed by atoms with Crippen LogP contribution in [0.5, 0.6) is 5.75 Å². The highest BCUT2D eigenvalue weighted by Gasteiger charge is 2.06. The summed E-state index contributed by atoms with van der Waals surface area (Å²) in [5.41, 5.74) is 0. The van der Waals surface area contributed by atoms with Crippen LogP contribution in [0.25, 0.3) is 0 Å². The van der Waals surface area contributed by atoms with Crippen LogP contribution < -0.4 is 10.1 Å². The van der Waals surface area contributed by atoms with Crippen molar-refractivity contribution in [3.63, 3.8) is 0 Å². The van der Waals surface area contributed by atoms with Crippen LogP contribution in [0.1, 0.15) is 32.6 Å². The molecule has 0 spiro atoms. The van der Waals surface area contributed by atoms with Crippen LogP contribution in [0, 0.1) is 0 Å². The second-order valence-corrected chi connectivity index (χ2v) is 5.98. The molecule has 1 N–H and O–H groups in total. The molecule has 0 amide bonds. The number of ether oxygens (including phenoxy) is 1. The molecule has 2 nitrogen and oxygen atoms in total. The monoisotopic (exact) mass is 367 g/mol. The first-order chi connectivity index (χ1) is 9.15. The molecule has 0 radical (unpaired) electrons. The third-order valence-electron chi connectivity index (χ3n) is 2.73. The molecule has 0 aromatic heterocycles. The topological polar surface area (TPSA) is 21.3 Å². The van der Waals surface area contributed by atoms with E-state index >= 15 is 0 Å². The van der Waals surface area contributed by atoms with Crippen molar-refractivity contribution in [2.45, 2.75) is 32.6 Å². The Bertz CT molecular complexity index is 388. The van der Waals surface area contributed by atoms with Crippen LogP contribution in [0.15, 0.2) is 16.6 Å². The first-order valence-corrected chi connectivity index (χ1v) is 8.18. The Kier molecular flexibility index (Phi) is 8.88. The molecule has 0 aliphatic heterocycles. The minimum Gasteiger partial charge on any atom is -0.492 e. The third kappa shape index (κ3) is 6.84. The zero-order chi connectivity index (χ0) is 14.1. The van der Waals surface area contributed by atoms with Crippen LogP contribution in [-0.2, 0) is 0 Å². The lowest BCUT2D eigenvalue weighted by atomic mass is 10.2. The van der Waals surface area contributed by atoms with Gasteiger partial charge in [0.05, 0.1) is 16.7 Å². The largest absolute Gasteiger partial charge is 0.492 e. The molecule has 1 rings (SSSR count). The molecule has 0 aliphatic carbocycles. The predicted octanol–water partition coefficient (Wildman–Crippen LogP) is 5.30. The number of hydrogen-bond acceptors (Lipinski definition) is 2. The van der Waals surface area contributed by atoms with Crippen LogP contribution in [-0.4, -0.2) is 19.7 Å². The number of hydrogen-bond donors (Lipinski definition) is 1. The highest BCUT2D eigenvalue weighted by molar-refractivity contribution is 9.10. The summed E-state index contributed by atoms with van der Waals surface area (Å²) >= 11 is 15.4. The normalized spacial score (nSPS) is 10.7. The standard InChI is InChI=1S/C14H20BrCl2NO/c1-2-18-7-5-3-4-6-8-19-14-10-12(16)11(15)9-13(14)17/h9-10,18H,2-8H2,1H3. The minimum atomic E-state index is 0.587. The van der Waals surface area contributed by atoms with Gasteiger partial charge in [0.15, 0.2) is 0 Å². The van der Waals surface area contributed by atoms with Gasteiger partial charge in [0.25, 0.3) is 0 Å². The molecule has 0 aliphatic rings. The lowest BCUT2D eigenvalue weighted by molar-refractivity contribution is 0.304. The predicted molar refractivity (Wildman–Crippen MR) is 86.7 cm³/mol. The molecular weight excluding hydrogens is 349 g/mol. The van der Waals surface area contributed by atoms with E-state index in [2.05, 4.69) is 28.2 Å². The van der Waals surface area contributed by atoms with E-state index in [9.17, 15) is 0 Å². The third-order valence-corrected chi connectivity index (χ3v) is 4.22. The van der Waals surface area contributed by atoms with Gasteiger partial charge in [-0.1, -0.05) is 43.0 Å². The maximum atomic E-state index is 6.08. The summed E-state index contributed by atoms with van der Waals surface area (Å²) < 4.78 is 6.43. The maximum absolute atomic E-state index is 6.08. The number of benzene rings is 1. The average Bonchev–Trinajstić information content (AvgIpc) is 2.38. The Morgan fingerprint density at radius 1 is 1.11 bits per heavy atom. The number of rotatable bonds is 9. The number of nitrogens with one attached hydrogen (secondary N) is 1. The van der Waals surface area contributed by atoms with E-state index in [1.807, 2.05) is 0 Å². The van der Waals surface area contributed by atoms with Gasteiger partial charge in [-0.3, -0.25) is 0 Å². The second-order valence-electron chi connectivity index (χ2n) is 4.31. The van der Waals surface area contributed by atoms with Gasteiger partial charge in [-0.05, 0) is 47.9 Å². The van der Waals surface area contributed by atoms with E-state index in [-0.39, 0.29) is 0 Å². The number of halogens is 3. The van der Waals surface area contributed by atoms with Crippen molar-refractivity contribution in [2.24, 2.45) is 0 Å². The molecule has 108 valence electrons. The highest BCUT2D eigenvalue weighted by atomic mass is 79.9. The zero-order valence-corrected chi connectivity index (χ0v) is 14.2. The van der Waals surface area contributed by atoms with Crippen molar-refractivity contribution in [3.05, 3.63) is 26.7 Å². The first kappa shape index (κ1) is 17.1. The fourth-order valence-electron chi connectivity index (χ4n) is 1.68. The maximum Gasteiger partial charge on any atom is 0.139 e. The van der Waals surface area contributed by atoms with Crippen molar-refractivity contribution in [1.29, 1.82) is 0 Å². The second kappa shape index (κ2) is 9.87. The van der Waals surface area contributed by atoms with Crippen LogP contribution in [0.2, 0.25) is 10.0 Å². The molecule has 0 unspecified atom stereocenters. The smallest absolute Gasteiger partial charge is 0.139 e. The van der Waals surface area contributed by atoms with E-state index < -0.39 is 0 Å². The van der Waals surface area contributed by atoms with E-state index in [0.717, 1.165) is 24.0 Å². The molecule has 19 heavy (non-hydrogen) atoms.